The third-order valence-electron chi connectivity index (χ3n) is 4.46. The Morgan fingerprint density at radius 1 is 1.22 bits per heavy atom. The first-order chi connectivity index (χ1) is 13.3. The summed E-state index contributed by atoms with van der Waals surface area (Å²) < 4.78 is 7.72. The van der Waals surface area contributed by atoms with Crippen LogP contribution >= 0.6 is 11.3 Å². The molecule has 0 bridgehead atoms. The summed E-state index contributed by atoms with van der Waals surface area (Å²) in [6, 6.07) is 16.7. The molecule has 5 heteroatoms. The maximum atomic E-state index is 5.45. The zero-order chi connectivity index (χ0) is 18.6. The average Bonchev–Trinajstić information content (AvgIpc) is 3.31. The third-order valence-corrected chi connectivity index (χ3v) is 5.26. The van der Waals surface area contributed by atoms with E-state index in [1.54, 1.807) is 18.4 Å². The molecule has 0 aliphatic rings. The van der Waals surface area contributed by atoms with Gasteiger partial charge in [0, 0.05) is 41.1 Å². The van der Waals surface area contributed by atoms with Gasteiger partial charge in [-0.3, -0.25) is 0 Å². The summed E-state index contributed by atoms with van der Waals surface area (Å²) in [5, 5.41) is 7.39. The smallest absolute Gasteiger partial charge is 0.183 e. The van der Waals surface area contributed by atoms with Gasteiger partial charge in [0.15, 0.2) is 5.13 Å². The minimum Gasteiger partial charge on any atom is -0.497 e. The lowest BCUT2D eigenvalue weighted by molar-refractivity contribution is 0.415. The van der Waals surface area contributed by atoms with E-state index in [1.807, 2.05) is 18.2 Å². The van der Waals surface area contributed by atoms with Crippen LogP contribution in [0.1, 0.15) is 5.56 Å². The Labute approximate surface area is 162 Å². The van der Waals surface area contributed by atoms with Crippen LogP contribution in [0.4, 0.5) is 5.13 Å². The number of hydrogen-bond acceptors (Lipinski definition) is 4. The molecule has 0 amide bonds. The van der Waals surface area contributed by atoms with Gasteiger partial charge in [0.25, 0.3) is 0 Å². The van der Waals surface area contributed by atoms with E-state index in [-0.39, 0.29) is 0 Å². The highest BCUT2D eigenvalue weighted by atomic mass is 32.1. The second-order valence-electron chi connectivity index (χ2n) is 6.25. The van der Waals surface area contributed by atoms with Gasteiger partial charge in [-0.05, 0) is 23.8 Å². The summed E-state index contributed by atoms with van der Waals surface area (Å²) in [6.45, 7) is 5.26. The monoisotopic (exact) mass is 375 g/mol. The summed E-state index contributed by atoms with van der Waals surface area (Å²) in [5.41, 5.74) is 4.52. The number of benzene rings is 2. The fourth-order valence-corrected chi connectivity index (χ4v) is 3.88. The second kappa shape index (κ2) is 7.68. The van der Waals surface area contributed by atoms with Crippen LogP contribution in [0.15, 0.2) is 72.8 Å². The predicted octanol–water partition coefficient (Wildman–Crippen LogP) is 5.42. The van der Waals surface area contributed by atoms with Crippen LogP contribution in [-0.2, 0) is 6.54 Å². The highest BCUT2D eigenvalue weighted by Gasteiger charge is 2.14. The fraction of sp³-hybridized carbons (Fsp3) is 0.136. The van der Waals surface area contributed by atoms with Crippen molar-refractivity contribution in [3.63, 3.8) is 0 Å². The molecule has 0 atom stereocenters. The van der Waals surface area contributed by atoms with Crippen LogP contribution in [0.3, 0.4) is 0 Å². The van der Waals surface area contributed by atoms with Gasteiger partial charge in [-0.2, -0.15) is 0 Å². The Hall–Kier alpha value is -3.05. The van der Waals surface area contributed by atoms with Crippen LogP contribution in [-0.4, -0.2) is 23.2 Å². The van der Waals surface area contributed by atoms with Crippen molar-refractivity contribution in [2.75, 3.05) is 19.0 Å². The van der Waals surface area contributed by atoms with E-state index >= 15 is 0 Å². The molecule has 2 heterocycles. The molecule has 0 radical (unpaired) electrons. The molecule has 1 N–H and O–H groups in total. The van der Waals surface area contributed by atoms with Gasteiger partial charge in [-0.15, -0.1) is 17.9 Å². The van der Waals surface area contributed by atoms with Crippen LogP contribution in [0.25, 0.3) is 22.2 Å². The van der Waals surface area contributed by atoms with Crippen molar-refractivity contribution in [2.24, 2.45) is 0 Å². The van der Waals surface area contributed by atoms with Crippen molar-refractivity contribution < 1.29 is 4.74 Å². The number of thiazole rings is 1. The lowest BCUT2D eigenvalue weighted by Gasteiger charge is -2.06. The standard InChI is InChI=1S/C22H21N3OS/c1-3-11-23-22-24-20(15-27-22)19-14-25(13-16-7-5-4-6-8-16)21-10-9-17(26-2)12-18(19)21/h3-10,12,14-15H,1,11,13H2,2H3,(H,23,24). The number of methoxy groups -OCH3 is 1. The molecule has 136 valence electrons. The summed E-state index contributed by atoms with van der Waals surface area (Å²) in [5.74, 6) is 0.849. The Morgan fingerprint density at radius 3 is 2.85 bits per heavy atom. The first kappa shape index (κ1) is 17.4. The van der Waals surface area contributed by atoms with E-state index in [1.165, 1.54) is 11.1 Å². The van der Waals surface area contributed by atoms with E-state index in [9.17, 15) is 0 Å². The summed E-state index contributed by atoms with van der Waals surface area (Å²) >= 11 is 1.61. The molecule has 4 aromatic rings. The largest absolute Gasteiger partial charge is 0.497 e. The van der Waals surface area contributed by atoms with Crippen molar-refractivity contribution in [3.8, 4) is 17.0 Å². The zero-order valence-corrected chi connectivity index (χ0v) is 16.0. The Morgan fingerprint density at radius 2 is 2.07 bits per heavy atom. The number of aromatic nitrogens is 2. The molecule has 0 spiro atoms. The van der Waals surface area contributed by atoms with Crippen molar-refractivity contribution >= 4 is 27.4 Å². The Kier molecular flexibility index (Phi) is 4.94. The topological polar surface area (TPSA) is 39.1 Å². The number of nitrogens with zero attached hydrogens (tertiary/aromatic N) is 2. The molecule has 4 rings (SSSR count). The SMILES string of the molecule is C=CCNc1nc(-c2cn(Cc3ccccc3)c3ccc(OC)cc23)cs1. The molecule has 0 aliphatic carbocycles. The van der Waals surface area contributed by atoms with Crippen molar-refractivity contribution in [1.29, 1.82) is 0 Å². The minimum absolute atomic E-state index is 0.705. The molecule has 0 saturated heterocycles. The van der Waals surface area contributed by atoms with Gasteiger partial charge >= 0.3 is 0 Å². The van der Waals surface area contributed by atoms with Crippen LogP contribution < -0.4 is 10.1 Å². The molecular weight excluding hydrogens is 354 g/mol. The van der Waals surface area contributed by atoms with E-state index < -0.39 is 0 Å². The quantitative estimate of drug-likeness (QED) is 0.438. The third kappa shape index (κ3) is 3.59. The number of rotatable bonds is 7. The summed E-state index contributed by atoms with van der Waals surface area (Å²) in [4.78, 5) is 4.75. The highest BCUT2D eigenvalue weighted by Crippen LogP contribution is 2.35. The van der Waals surface area contributed by atoms with Crippen molar-refractivity contribution in [3.05, 3.63) is 78.3 Å². The van der Waals surface area contributed by atoms with Crippen LogP contribution in [0.5, 0.6) is 5.75 Å². The predicted molar refractivity (Wildman–Crippen MR) is 114 cm³/mol. The van der Waals surface area contributed by atoms with E-state index in [0.29, 0.717) is 6.54 Å². The van der Waals surface area contributed by atoms with Gasteiger partial charge in [-0.1, -0.05) is 36.4 Å². The molecule has 2 aromatic heterocycles. The molecule has 0 saturated carbocycles. The first-order valence-corrected chi connectivity index (χ1v) is 9.68. The lowest BCUT2D eigenvalue weighted by atomic mass is 10.1. The number of ether oxygens (including phenoxy) is 1. The van der Waals surface area contributed by atoms with Gasteiger partial charge in [0.05, 0.1) is 12.8 Å². The molecule has 0 fully saturated rings. The normalized spacial score (nSPS) is 10.9. The van der Waals surface area contributed by atoms with Crippen LogP contribution in [0.2, 0.25) is 0 Å². The number of hydrogen-bond donors (Lipinski definition) is 1. The maximum absolute atomic E-state index is 5.45. The minimum atomic E-state index is 0.705. The fourth-order valence-electron chi connectivity index (χ4n) is 3.16. The molecular formula is C22H21N3OS. The van der Waals surface area contributed by atoms with Gasteiger partial charge in [0.1, 0.15) is 5.75 Å². The molecule has 4 nitrogen and oxygen atoms in total. The second-order valence-corrected chi connectivity index (χ2v) is 7.10. The zero-order valence-electron chi connectivity index (χ0n) is 15.2. The molecule has 0 aliphatic heterocycles. The van der Waals surface area contributed by atoms with E-state index in [0.717, 1.165) is 34.1 Å². The van der Waals surface area contributed by atoms with E-state index in [4.69, 9.17) is 9.72 Å². The van der Waals surface area contributed by atoms with E-state index in [2.05, 4.69) is 64.4 Å². The lowest BCUT2D eigenvalue weighted by Crippen LogP contribution is -1.97. The summed E-state index contributed by atoms with van der Waals surface area (Å²) in [7, 11) is 1.70. The Balaban J connectivity index is 1.79. The number of fused-ring (bicyclic) bond motifs is 1. The van der Waals surface area contributed by atoms with Crippen LogP contribution in [0, 0.1) is 0 Å². The highest BCUT2D eigenvalue weighted by molar-refractivity contribution is 7.14. The average molecular weight is 375 g/mol. The van der Waals surface area contributed by atoms with Crippen molar-refractivity contribution in [1.82, 2.24) is 9.55 Å². The maximum Gasteiger partial charge on any atom is 0.183 e. The first-order valence-electron chi connectivity index (χ1n) is 8.80. The van der Waals surface area contributed by atoms with Gasteiger partial charge in [-0.25, -0.2) is 4.98 Å². The number of nitrogens with one attached hydrogen (secondary N) is 1. The Bertz CT molecular complexity index is 1070. The summed E-state index contributed by atoms with van der Waals surface area (Å²) in [6.07, 6.45) is 4.01. The molecule has 2 aromatic carbocycles. The van der Waals surface area contributed by atoms with Crippen molar-refractivity contribution in [2.45, 2.75) is 6.54 Å². The van der Waals surface area contributed by atoms with Gasteiger partial charge < -0.3 is 14.6 Å². The molecule has 27 heavy (non-hydrogen) atoms. The van der Waals surface area contributed by atoms with Gasteiger partial charge in [0.2, 0.25) is 0 Å². The molecule has 0 unspecified atom stereocenters. The number of anilines is 1.